The van der Waals surface area contributed by atoms with Gasteiger partial charge in [0.05, 0.1) is 0 Å². The average Bonchev–Trinajstić information content (AvgIpc) is 3.16. The molecule has 4 nitrogen and oxygen atoms in total. The first-order valence-corrected chi connectivity index (χ1v) is 8.16. The van der Waals surface area contributed by atoms with Crippen LogP contribution in [0.2, 0.25) is 0 Å². The van der Waals surface area contributed by atoms with E-state index in [1.807, 2.05) is 32.2 Å². The molecule has 0 spiro atoms. The van der Waals surface area contributed by atoms with E-state index in [1.165, 1.54) is 10.9 Å². The molecular formula is C21H18N4. The molecular weight excluding hydrogens is 308 g/mol. The number of imidazole rings is 1. The normalized spacial score (nSPS) is 10.7. The summed E-state index contributed by atoms with van der Waals surface area (Å²) >= 11 is 0. The first kappa shape index (κ1) is 15.2. The topological polar surface area (TPSA) is 35.6 Å². The summed E-state index contributed by atoms with van der Waals surface area (Å²) < 4.78 is 4.20. The van der Waals surface area contributed by atoms with E-state index in [0.717, 1.165) is 28.5 Å². The molecule has 4 heteroatoms. The van der Waals surface area contributed by atoms with Crippen molar-refractivity contribution in [2.24, 2.45) is 7.05 Å². The van der Waals surface area contributed by atoms with Crippen molar-refractivity contribution in [3.8, 4) is 17.5 Å². The third kappa shape index (κ3) is 2.92. The first-order valence-electron chi connectivity index (χ1n) is 8.16. The maximum atomic E-state index is 4.58. The van der Waals surface area contributed by atoms with E-state index in [4.69, 9.17) is 0 Å². The van der Waals surface area contributed by atoms with E-state index < -0.39 is 0 Å². The summed E-state index contributed by atoms with van der Waals surface area (Å²) in [4.78, 5) is 8.77. The van der Waals surface area contributed by atoms with Crippen molar-refractivity contribution in [1.29, 1.82) is 0 Å². The fourth-order valence-corrected chi connectivity index (χ4v) is 2.97. The van der Waals surface area contributed by atoms with Crippen molar-refractivity contribution in [2.75, 3.05) is 0 Å². The molecule has 0 fully saturated rings. The standard InChI is InChI=1S/C21H18N4/c1-15-12-17(8-10-22-15)4-5-19-14-25(16(2)23-19)20-6-7-21-18(13-20)9-11-24(21)3/h6-14H,1-3H3. The number of aryl methyl sites for hydroxylation is 3. The van der Waals surface area contributed by atoms with E-state index in [-0.39, 0.29) is 0 Å². The predicted molar refractivity (Wildman–Crippen MR) is 99.7 cm³/mol. The van der Waals surface area contributed by atoms with Crippen molar-refractivity contribution < 1.29 is 0 Å². The average molecular weight is 326 g/mol. The lowest BCUT2D eigenvalue weighted by Crippen LogP contribution is -1.95. The zero-order valence-electron chi connectivity index (χ0n) is 14.5. The molecule has 0 aliphatic carbocycles. The van der Waals surface area contributed by atoms with Crippen LogP contribution < -0.4 is 0 Å². The minimum Gasteiger partial charge on any atom is -0.351 e. The number of hydrogen-bond donors (Lipinski definition) is 0. The number of fused-ring (bicyclic) bond motifs is 1. The number of hydrogen-bond acceptors (Lipinski definition) is 2. The number of benzene rings is 1. The van der Waals surface area contributed by atoms with E-state index in [9.17, 15) is 0 Å². The van der Waals surface area contributed by atoms with Gasteiger partial charge in [-0.15, -0.1) is 0 Å². The highest BCUT2D eigenvalue weighted by Crippen LogP contribution is 2.20. The van der Waals surface area contributed by atoms with Crippen LogP contribution in [0.1, 0.15) is 22.8 Å². The van der Waals surface area contributed by atoms with Crippen LogP contribution in [0.5, 0.6) is 0 Å². The number of nitrogens with zero attached hydrogens (tertiary/aromatic N) is 4. The monoisotopic (exact) mass is 326 g/mol. The Balaban J connectivity index is 1.70. The van der Waals surface area contributed by atoms with Gasteiger partial charge in [-0.3, -0.25) is 4.98 Å². The lowest BCUT2D eigenvalue weighted by Gasteiger charge is -2.05. The Morgan fingerprint density at radius 3 is 2.72 bits per heavy atom. The molecule has 0 N–H and O–H groups in total. The molecule has 0 amide bonds. The molecule has 3 aromatic heterocycles. The van der Waals surface area contributed by atoms with E-state index >= 15 is 0 Å². The Morgan fingerprint density at radius 2 is 1.88 bits per heavy atom. The van der Waals surface area contributed by atoms with Crippen molar-refractivity contribution in [3.63, 3.8) is 0 Å². The Morgan fingerprint density at radius 1 is 1.00 bits per heavy atom. The van der Waals surface area contributed by atoms with Gasteiger partial charge in [0.15, 0.2) is 0 Å². The molecule has 0 saturated heterocycles. The third-order valence-electron chi connectivity index (χ3n) is 4.26. The fraction of sp³-hybridized carbons (Fsp3) is 0.143. The summed E-state index contributed by atoms with van der Waals surface area (Å²) in [7, 11) is 2.05. The largest absolute Gasteiger partial charge is 0.351 e. The molecule has 0 radical (unpaired) electrons. The summed E-state index contributed by atoms with van der Waals surface area (Å²) in [5, 5.41) is 1.22. The van der Waals surface area contributed by atoms with E-state index in [1.54, 1.807) is 6.20 Å². The van der Waals surface area contributed by atoms with Gasteiger partial charge in [-0.1, -0.05) is 5.92 Å². The molecule has 0 atom stereocenters. The van der Waals surface area contributed by atoms with Gasteiger partial charge in [0.1, 0.15) is 11.5 Å². The number of aromatic nitrogens is 4. The molecule has 0 aliphatic rings. The molecule has 3 heterocycles. The Kier molecular flexibility index (Phi) is 3.62. The smallest absolute Gasteiger partial charge is 0.132 e. The highest BCUT2D eigenvalue weighted by molar-refractivity contribution is 5.82. The van der Waals surface area contributed by atoms with Crippen LogP contribution in [0, 0.1) is 25.7 Å². The van der Waals surface area contributed by atoms with Crippen LogP contribution in [0.25, 0.3) is 16.6 Å². The molecule has 122 valence electrons. The number of pyridine rings is 1. The summed E-state index contributed by atoms with van der Waals surface area (Å²) in [6, 6.07) is 12.4. The van der Waals surface area contributed by atoms with Gasteiger partial charge < -0.3 is 9.13 Å². The maximum Gasteiger partial charge on any atom is 0.132 e. The zero-order chi connectivity index (χ0) is 17.4. The van der Waals surface area contributed by atoms with Crippen LogP contribution >= 0.6 is 0 Å². The second-order valence-electron chi connectivity index (χ2n) is 6.15. The third-order valence-corrected chi connectivity index (χ3v) is 4.26. The van der Waals surface area contributed by atoms with Crippen molar-refractivity contribution in [3.05, 3.63) is 77.8 Å². The summed E-state index contributed by atoms with van der Waals surface area (Å²) in [5.41, 5.74) is 4.99. The van der Waals surface area contributed by atoms with Crippen LogP contribution in [-0.2, 0) is 7.05 Å². The predicted octanol–water partition coefficient (Wildman–Crippen LogP) is 3.78. The van der Waals surface area contributed by atoms with Crippen molar-refractivity contribution in [1.82, 2.24) is 19.1 Å². The number of rotatable bonds is 1. The lowest BCUT2D eigenvalue weighted by molar-refractivity contribution is 0.963. The molecule has 25 heavy (non-hydrogen) atoms. The molecule has 0 unspecified atom stereocenters. The van der Waals surface area contributed by atoms with Crippen molar-refractivity contribution >= 4 is 10.9 Å². The van der Waals surface area contributed by atoms with Gasteiger partial charge in [0.2, 0.25) is 0 Å². The van der Waals surface area contributed by atoms with Crippen LogP contribution in [0.3, 0.4) is 0 Å². The SMILES string of the molecule is Cc1cc(C#Cc2cn(-c3ccc4c(ccn4C)c3)c(C)n2)ccn1. The van der Waals surface area contributed by atoms with Gasteiger partial charge in [-0.25, -0.2) is 4.98 Å². The molecule has 0 saturated carbocycles. The molecule has 4 aromatic rings. The first-order chi connectivity index (χ1) is 12.1. The second kappa shape index (κ2) is 5.95. The summed E-state index contributed by atoms with van der Waals surface area (Å²) in [6.07, 6.45) is 5.83. The summed E-state index contributed by atoms with van der Waals surface area (Å²) in [6.45, 7) is 3.96. The van der Waals surface area contributed by atoms with Gasteiger partial charge in [0, 0.05) is 53.5 Å². The van der Waals surface area contributed by atoms with Gasteiger partial charge >= 0.3 is 0 Å². The highest BCUT2D eigenvalue weighted by atomic mass is 15.1. The summed E-state index contributed by atoms with van der Waals surface area (Å²) in [5.74, 6) is 7.23. The van der Waals surface area contributed by atoms with E-state index in [0.29, 0.717) is 0 Å². The van der Waals surface area contributed by atoms with Crippen LogP contribution in [0.15, 0.2) is 55.0 Å². The maximum absolute atomic E-state index is 4.58. The second-order valence-corrected chi connectivity index (χ2v) is 6.15. The fourth-order valence-electron chi connectivity index (χ4n) is 2.97. The van der Waals surface area contributed by atoms with E-state index in [2.05, 4.69) is 68.5 Å². The lowest BCUT2D eigenvalue weighted by atomic mass is 10.2. The molecule has 1 aromatic carbocycles. The minimum absolute atomic E-state index is 0.764. The Labute approximate surface area is 146 Å². The molecule has 4 rings (SSSR count). The van der Waals surface area contributed by atoms with Crippen molar-refractivity contribution in [2.45, 2.75) is 13.8 Å². The zero-order valence-corrected chi connectivity index (χ0v) is 14.5. The Bertz CT molecular complexity index is 1140. The van der Waals surface area contributed by atoms with Gasteiger partial charge in [-0.05, 0) is 56.2 Å². The molecule has 0 bridgehead atoms. The van der Waals surface area contributed by atoms with Crippen LogP contribution in [-0.4, -0.2) is 19.1 Å². The Hall–Kier alpha value is -3.32. The van der Waals surface area contributed by atoms with Crippen LogP contribution in [0.4, 0.5) is 0 Å². The molecule has 0 aliphatic heterocycles. The highest BCUT2D eigenvalue weighted by Gasteiger charge is 2.06. The minimum atomic E-state index is 0.764. The quantitative estimate of drug-likeness (QED) is 0.499. The van der Waals surface area contributed by atoms with Gasteiger partial charge in [-0.2, -0.15) is 0 Å². The van der Waals surface area contributed by atoms with Gasteiger partial charge in [0.25, 0.3) is 0 Å².